The zero-order valence-electron chi connectivity index (χ0n) is 11.0. The van der Waals surface area contributed by atoms with Gasteiger partial charge in [-0.2, -0.15) is 0 Å². The minimum atomic E-state index is -4.11. The number of hydrogen-bond acceptors (Lipinski definition) is 5. The van der Waals surface area contributed by atoms with Crippen molar-refractivity contribution < 1.29 is 17.5 Å². The Balaban J connectivity index is 2.67. The van der Waals surface area contributed by atoms with E-state index in [-0.39, 0.29) is 29.6 Å². The van der Waals surface area contributed by atoms with Crippen molar-refractivity contribution >= 4 is 21.6 Å². The van der Waals surface area contributed by atoms with E-state index in [1.807, 2.05) is 0 Å². The molecular weight excluding hydrogens is 323 g/mol. The van der Waals surface area contributed by atoms with Gasteiger partial charge in [-0.1, -0.05) is 17.7 Å². The molecule has 0 amide bonds. The molecule has 21 heavy (non-hydrogen) atoms. The fraction of sp³-hybridized carbons (Fsp3) is 0.273. The third-order valence-corrected chi connectivity index (χ3v) is 3.80. The fourth-order valence-electron chi connectivity index (χ4n) is 1.78. The predicted molar refractivity (Wildman–Crippen MR) is 73.7 cm³/mol. The number of rotatable bonds is 5. The summed E-state index contributed by atoms with van der Waals surface area (Å²) >= 11 is 5.96. The van der Waals surface area contributed by atoms with E-state index < -0.39 is 21.0 Å². The Morgan fingerprint density at radius 3 is 2.71 bits per heavy atom. The van der Waals surface area contributed by atoms with Crippen LogP contribution in [0, 0.1) is 5.82 Å². The van der Waals surface area contributed by atoms with Crippen molar-refractivity contribution in [2.24, 2.45) is 5.14 Å². The van der Waals surface area contributed by atoms with Crippen LogP contribution in [0.15, 0.2) is 23.4 Å². The predicted octanol–water partition coefficient (Wildman–Crippen LogP) is 1.03. The number of nitrogens with two attached hydrogens (primary N) is 1. The Bertz CT molecular complexity index is 743. The van der Waals surface area contributed by atoms with Gasteiger partial charge in [-0.25, -0.2) is 17.9 Å². The highest BCUT2D eigenvalue weighted by Gasteiger charge is 2.24. The first-order chi connectivity index (χ1) is 9.86. The molecule has 2 rings (SSSR count). The summed E-state index contributed by atoms with van der Waals surface area (Å²) in [4.78, 5) is 0. The highest BCUT2D eigenvalue weighted by atomic mass is 35.5. The summed E-state index contributed by atoms with van der Waals surface area (Å²) in [6, 6.07) is 4.08. The molecule has 0 bridgehead atoms. The van der Waals surface area contributed by atoms with E-state index in [1.165, 1.54) is 25.3 Å². The maximum atomic E-state index is 14.0. The minimum Gasteiger partial charge on any atom is -0.383 e. The molecule has 1 aromatic heterocycles. The molecule has 2 N–H and O–H groups in total. The number of aromatic nitrogens is 3. The van der Waals surface area contributed by atoms with Crippen LogP contribution in [-0.4, -0.2) is 36.9 Å². The third kappa shape index (κ3) is 3.21. The van der Waals surface area contributed by atoms with Gasteiger partial charge in [-0.15, -0.1) is 10.2 Å². The highest BCUT2D eigenvalue weighted by molar-refractivity contribution is 7.89. The molecule has 1 aromatic carbocycles. The van der Waals surface area contributed by atoms with Crippen molar-refractivity contribution in [2.75, 3.05) is 13.7 Å². The zero-order chi connectivity index (χ0) is 15.6. The number of ether oxygens (including phenoxy) is 1. The molecule has 10 heteroatoms. The lowest BCUT2D eigenvalue weighted by atomic mass is 10.2. The third-order valence-electron chi connectivity index (χ3n) is 2.68. The van der Waals surface area contributed by atoms with Gasteiger partial charge in [0.15, 0.2) is 5.82 Å². The van der Waals surface area contributed by atoms with Gasteiger partial charge in [0, 0.05) is 7.11 Å². The lowest BCUT2D eigenvalue weighted by molar-refractivity contribution is 0.185. The number of nitrogens with zero attached hydrogens (tertiary/aromatic N) is 3. The molecule has 0 unspecified atom stereocenters. The molecule has 0 aliphatic heterocycles. The van der Waals surface area contributed by atoms with Gasteiger partial charge >= 0.3 is 0 Å². The number of methoxy groups -OCH3 is 1. The molecule has 0 radical (unpaired) electrons. The van der Waals surface area contributed by atoms with Crippen LogP contribution in [0.1, 0.15) is 0 Å². The smallest absolute Gasteiger partial charge is 0.273 e. The zero-order valence-corrected chi connectivity index (χ0v) is 12.5. The summed E-state index contributed by atoms with van der Waals surface area (Å²) in [5, 5.41) is 11.9. The topological polar surface area (TPSA) is 100 Å². The van der Waals surface area contributed by atoms with Crippen molar-refractivity contribution in [1.82, 2.24) is 14.8 Å². The Morgan fingerprint density at radius 2 is 2.14 bits per heavy atom. The summed E-state index contributed by atoms with van der Waals surface area (Å²) in [6.45, 7) is 0.245. The Labute approximate surface area is 125 Å². The molecule has 1 heterocycles. The fourth-order valence-corrected chi connectivity index (χ4v) is 2.67. The van der Waals surface area contributed by atoms with Crippen molar-refractivity contribution in [3.05, 3.63) is 29.0 Å². The van der Waals surface area contributed by atoms with Gasteiger partial charge in [0.05, 0.1) is 23.7 Å². The van der Waals surface area contributed by atoms with Crippen molar-refractivity contribution in [3.63, 3.8) is 0 Å². The summed E-state index contributed by atoms with van der Waals surface area (Å²) in [7, 11) is -2.67. The van der Waals surface area contributed by atoms with E-state index in [9.17, 15) is 12.8 Å². The van der Waals surface area contributed by atoms with Crippen LogP contribution in [0.25, 0.3) is 11.4 Å². The Hall–Kier alpha value is -1.55. The molecule has 0 saturated carbocycles. The first-order valence-electron chi connectivity index (χ1n) is 5.75. The number of halogens is 2. The minimum absolute atomic E-state index is 0.0285. The van der Waals surface area contributed by atoms with Crippen LogP contribution >= 0.6 is 11.6 Å². The van der Waals surface area contributed by atoms with E-state index in [4.69, 9.17) is 21.5 Å². The van der Waals surface area contributed by atoms with Crippen LogP contribution in [0.5, 0.6) is 0 Å². The van der Waals surface area contributed by atoms with Crippen LogP contribution < -0.4 is 5.14 Å². The Morgan fingerprint density at radius 1 is 1.43 bits per heavy atom. The average Bonchev–Trinajstić information content (AvgIpc) is 2.79. The number of sulfonamides is 1. The molecule has 0 saturated heterocycles. The van der Waals surface area contributed by atoms with Crippen molar-refractivity contribution in [1.29, 1.82) is 0 Å². The molecule has 2 aromatic rings. The molecule has 0 aliphatic carbocycles. The summed E-state index contributed by atoms with van der Waals surface area (Å²) in [6.07, 6.45) is 0. The summed E-state index contributed by atoms with van der Waals surface area (Å²) in [5.74, 6) is -0.672. The quantitative estimate of drug-likeness (QED) is 0.880. The molecule has 7 nitrogen and oxygen atoms in total. The lowest BCUT2D eigenvalue weighted by Crippen LogP contribution is -2.20. The molecule has 0 fully saturated rings. The number of benzene rings is 1. The largest absolute Gasteiger partial charge is 0.383 e. The van der Waals surface area contributed by atoms with Gasteiger partial charge in [0.25, 0.3) is 15.2 Å². The number of primary sulfonamides is 1. The molecule has 0 atom stereocenters. The van der Waals surface area contributed by atoms with Crippen LogP contribution in [0.2, 0.25) is 5.02 Å². The summed E-state index contributed by atoms with van der Waals surface area (Å²) < 4.78 is 43.1. The van der Waals surface area contributed by atoms with Gasteiger partial charge in [0.1, 0.15) is 5.82 Å². The molecule has 114 valence electrons. The highest BCUT2D eigenvalue weighted by Crippen LogP contribution is 2.30. The van der Waals surface area contributed by atoms with Crippen LogP contribution in [0.4, 0.5) is 4.39 Å². The van der Waals surface area contributed by atoms with E-state index in [0.717, 1.165) is 4.57 Å². The average molecular weight is 335 g/mol. The monoisotopic (exact) mass is 334 g/mol. The van der Waals surface area contributed by atoms with Gasteiger partial charge < -0.3 is 4.74 Å². The molecular formula is C11H12ClFN4O3S. The maximum Gasteiger partial charge on any atom is 0.273 e. The van der Waals surface area contributed by atoms with Gasteiger partial charge in [-0.3, -0.25) is 4.57 Å². The van der Waals surface area contributed by atoms with E-state index in [0.29, 0.717) is 0 Å². The second-order valence-electron chi connectivity index (χ2n) is 4.09. The Kier molecular flexibility index (Phi) is 4.57. The standard InChI is InChI=1S/C11H12ClFN4O3S/c1-20-6-5-17-10(15-16-11(17)21(14,18)19)9-7(12)3-2-4-8(9)13/h2-4H,5-6H2,1H3,(H2,14,18,19). The van der Waals surface area contributed by atoms with E-state index in [1.54, 1.807) is 0 Å². The first kappa shape index (κ1) is 15.8. The lowest BCUT2D eigenvalue weighted by Gasteiger charge is -2.10. The molecule has 0 aliphatic rings. The maximum absolute atomic E-state index is 14.0. The summed E-state index contributed by atoms with van der Waals surface area (Å²) in [5.41, 5.74) is -0.0438. The number of hydrogen-bond donors (Lipinski definition) is 1. The first-order valence-corrected chi connectivity index (χ1v) is 7.68. The van der Waals surface area contributed by atoms with Crippen LogP contribution in [-0.2, 0) is 21.3 Å². The second kappa shape index (κ2) is 6.06. The van der Waals surface area contributed by atoms with Gasteiger partial charge in [0.2, 0.25) is 0 Å². The SMILES string of the molecule is COCCn1c(-c2c(F)cccc2Cl)nnc1S(N)(=O)=O. The normalized spacial score (nSPS) is 11.8. The van der Waals surface area contributed by atoms with E-state index in [2.05, 4.69) is 10.2 Å². The van der Waals surface area contributed by atoms with Gasteiger partial charge in [-0.05, 0) is 12.1 Å². The van der Waals surface area contributed by atoms with Crippen molar-refractivity contribution in [3.8, 4) is 11.4 Å². The van der Waals surface area contributed by atoms with Crippen molar-refractivity contribution in [2.45, 2.75) is 11.7 Å². The molecule has 0 spiro atoms. The van der Waals surface area contributed by atoms with Crippen LogP contribution in [0.3, 0.4) is 0 Å². The van der Waals surface area contributed by atoms with E-state index >= 15 is 0 Å². The second-order valence-corrected chi connectivity index (χ2v) is 5.95.